The second-order valence-electron chi connectivity index (χ2n) is 16.9. The van der Waals surface area contributed by atoms with E-state index in [4.69, 9.17) is 5.73 Å². The van der Waals surface area contributed by atoms with Crippen LogP contribution in [-0.4, -0.2) is 153 Å². The zero-order chi connectivity index (χ0) is 50.0. The smallest absolute Gasteiger partial charge is 0.326 e. The topological polar surface area (TPSA) is 365 Å². The molecule has 0 radical (unpaired) electrons. The molecule has 1 aromatic carbocycles. The summed E-state index contributed by atoms with van der Waals surface area (Å²) in [6, 6.07) is -3.98. The number of carbonyl (C=O) groups excluding carboxylic acids is 8. The summed E-state index contributed by atoms with van der Waals surface area (Å²) in [5, 5.41) is 56.6. The number of aliphatic hydroxyl groups excluding tert-OH is 1. The van der Waals surface area contributed by atoms with Gasteiger partial charge in [-0.25, -0.2) is 4.79 Å². The Labute approximate surface area is 383 Å². The number of phenols is 1. The van der Waals surface area contributed by atoms with Gasteiger partial charge in [-0.15, -0.1) is 0 Å². The van der Waals surface area contributed by atoms with Crippen molar-refractivity contribution < 1.29 is 68.4 Å². The monoisotopic (exact) mass is 933 g/mol. The first-order valence-corrected chi connectivity index (χ1v) is 21.9. The lowest BCUT2D eigenvalue weighted by Gasteiger charge is -2.30. The third-order valence-corrected chi connectivity index (χ3v) is 11.4. The highest BCUT2D eigenvalue weighted by atomic mass is 16.4. The van der Waals surface area contributed by atoms with Gasteiger partial charge < -0.3 is 68.3 Å². The molecule has 66 heavy (non-hydrogen) atoms. The van der Waals surface area contributed by atoms with Crippen LogP contribution in [0.15, 0.2) is 24.3 Å². The fourth-order valence-corrected chi connectivity index (χ4v) is 7.02. The molecular formula is C43H67N9O14. The molecule has 1 saturated heterocycles. The molecule has 1 aliphatic rings. The van der Waals surface area contributed by atoms with E-state index in [1.807, 2.05) is 0 Å². The van der Waals surface area contributed by atoms with Crippen molar-refractivity contribution >= 4 is 59.2 Å². The normalized spacial score (nSPS) is 17.5. The van der Waals surface area contributed by atoms with Crippen LogP contribution in [0, 0.1) is 17.8 Å². The maximum Gasteiger partial charge on any atom is 0.326 e. The second kappa shape index (κ2) is 26.6. The van der Waals surface area contributed by atoms with Crippen molar-refractivity contribution in [3.63, 3.8) is 0 Å². The number of nitrogens with two attached hydrogens (primary N) is 1. The van der Waals surface area contributed by atoms with Crippen LogP contribution in [0.4, 0.5) is 0 Å². The highest BCUT2D eigenvalue weighted by Gasteiger charge is 2.40. The zero-order valence-corrected chi connectivity index (χ0v) is 38.4. The van der Waals surface area contributed by atoms with Gasteiger partial charge in [-0.05, 0) is 55.2 Å². The Bertz CT molecular complexity index is 1900. The summed E-state index contributed by atoms with van der Waals surface area (Å²) in [6.07, 6.45) is -1.12. The Morgan fingerprint density at radius 1 is 0.697 bits per heavy atom. The molecule has 10 atom stereocenters. The Balaban J connectivity index is 2.25. The minimum absolute atomic E-state index is 0.0653. The van der Waals surface area contributed by atoms with E-state index in [2.05, 4.69) is 37.2 Å². The first-order valence-electron chi connectivity index (χ1n) is 21.9. The molecule has 23 heteroatoms. The van der Waals surface area contributed by atoms with Gasteiger partial charge in [0.05, 0.1) is 25.6 Å². The molecule has 0 spiro atoms. The quantitative estimate of drug-likeness (QED) is 0.0461. The average Bonchev–Trinajstić information content (AvgIpc) is 3.76. The van der Waals surface area contributed by atoms with E-state index in [1.54, 1.807) is 41.5 Å². The Morgan fingerprint density at radius 2 is 1.23 bits per heavy atom. The van der Waals surface area contributed by atoms with Crippen LogP contribution >= 0.6 is 0 Å². The number of carboxylic acid groups (broad SMARTS) is 2. The van der Waals surface area contributed by atoms with Gasteiger partial charge in [0, 0.05) is 13.0 Å². The molecule has 23 nitrogen and oxygen atoms in total. The lowest BCUT2D eigenvalue weighted by atomic mass is 9.95. The van der Waals surface area contributed by atoms with Gasteiger partial charge in [0.2, 0.25) is 47.3 Å². The molecule has 0 saturated carbocycles. The number of hydrogen-bond acceptors (Lipinski definition) is 13. The van der Waals surface area contributed by atoms with E-state index >= 15 is 0 Å². The van der Waals surface area contributed by atoms with E-state index in [9.17, 15) is 68.4 Å². The van der Waals surface area contributed by atoms with Crippen molar-refractivity contribution in [2.75, 3.05) is 19.6 Å². The number of likely N-dealkylation sites (tertiary alicyclic amines) is 1. The fourth-order valence-electron chi connectivity index (χ4n) is 7.02. The molecule has 0 aromatic heterocycles. The van der Waals surface area contributed by atoms with Gasteiger partial charge in [0.25, 0.3) is 0 Å². The van der Waals surface area contributed by atoms with Gasteiger partial charge in [0.1, 0.15) is 48.0 Å². The van der Waals surface area contributed by atoms with E-state index in [-0.39, 0.29) is 25.1 Å². The molecule has 0 aliphatic carbocycles. The van der Waals surface area contributed by atoms with Crippen LogP contribution in [0.1, 0.15) is 86.1 Å². The van der Waals surface area contributed by atoms with Gasteiger partial charge in [0.15, 0.2) is 0 Å². The average molecular weight is 934 g/mol. The number of aliphatic hydroxyl groups is 1. The van der Waals surface area contributed by atoms with Crippen LogP contribution in [0.5, 0.6) is 5.75 Å². The minimum Gasteiger partial charge on any atom is -0.508 e. The maximum absolute atomic E-state index is 14.0. The summed E-state index contributed by atoms with van der Waals surface area (Å²) in [6.45, 7) is 10.1. The number of rotatable bonds is 26. The van der Waals surface area contributed by atoms with Crippen LogP contribution in [0.2, 0.25) is 0 Å². The summed E-state index contributed by atoms with van der Waals surface area (Å²) < 4.78 is 0. The number of hydrogen-bond donors (Lipinski definition) is 12. The first kappa shape index (κ1) is 55.8. The number of phenolic OH excluding ortho intramolecular Hbond substituents is 1. The first-order chi connectivity index (χ1) is 30.9. The SMILES string of the molecule is CC[C@H](C)[C@H](NC(=O)[C@H](Cc1ccc(O)cc1)NC(=O)[C@@H](NC(=O)[C@H](CC(=O)O)NC(=O)[C@@H](NC(=O)CNC(=O)[C@@H]1CCCN1C(=O)[C@@H](NC(=O)CN)[C@@H](C)O)C(C)C)[C@@H](C)CC)C(=O)O. The second-order valence-corrected chi connectivity index (χ2v) is 16.9. The Hall–Kier alpha value is -6.36. The van der Waals surface area contributed by atoms with Crippen molar-refractivity contribution in [2.24, 2.45) is 23.5 Å². The summed E-state index contributed by atoms with van der Waals surface area (Å²) in [7, 11) is 0. The lowest BCUT2D eigenvalue weighted by Crippen LogP contribution is -2.61. The van der Waals surface area contributed by atoms with Crippen molar-refractivity contribution in [3.8, 4) is 5.75 Å². The highest BCUT2D eigenvalue weighted by Crippen LogP contribution is 2.20. The van der Waals surface area contributed by atoms with Crippen LogP contribution in [-0.2, 0) is 54.4 Å². The molecular weight excluding hydrogens is 867 g/mol. The fraction of sp³-hybridized carbons (Fsp3) is 0.628. The Kier molecular flexibility index (Phi) is 22.4. The molecule has 1 heterocycles. The molecule has 1 aliphatic heterocycles. The largest absolute Gasteiger partial charge is 0.508 e. The van der Waals surface area contributed by atoms with Crippen LogP contribution in [0.3, 0.4) is 0 Å². The number of carboxylic acids is 2. The standard InChI is InChI=1S/C43H67N9O14/c1-8-22(5)34(41(63)46-27(17-25-12-14-26(54)15-13-25)37(59)51-35(43(65)66)23(6)9-2)50-38(60)28(18-32(57)58)47-40(62)33(21(3)4)49-31(56)20-45-39(61)29-11-10-16-52(29)42(64)36(24(7)53)48-30(55)19-44/h12-15,21-24,27-29,33-36,53-54H,8-11,16-20,44H2,1-7H3,(H,45,61)(H,46,63)(H,47,62)(H,48,55)(H,49,56)(H,50,60)(H,51,59)(H,57,58)(H,65,66)/t22-,23-,24+,27-,28-,29-,33-,34-,35-,36-/m0/s1. The van der Waals surface area contributed by atoms with Gasteiger partial charge >= 0.3 is 11.9 Å². The molecule has 2 rings (SSSR count). The molecule has 0 unspecified atom stereocenters. The van der Waals surface area contributed by atoms with E-state index in [0.717, 1.165) is 0 Å². The van der Waals surface area contributed by atoms with Gasteiger partial charge in [-0.2, -0.15) is 0 Å². The molecule has 368 valence electrons. The summed E-state index contributed by atoms with van der Waals surface area (Å²) >= 11 is 0. The number of nitrogens with zero attached hydrogens (tertiary/aromatic N) is 1. The van der Waals surface area contributed by atoms with Gasteiger partial charge in [-0.3, -0.25) is 43.2 Å². The summed E-state index contributed by atoms with van der Waals surface area (Å²) in [5.74, 6) is -11.5. The summed E-state index contributed by atoms with van der Waals surface area (Å²) in [5.41, 5.74) is 5.81. The third-order valence-electron chi connectivity index (χ3n) is 11.4. The van der Waals surface area contributed by atoms with E-state index < -0.39 is 145 Å². The number of aromatic hydroxyl groups is 1. The van der Waals surface area contributed by atoms with Crippen molar-refractivity contribution in [1.29, 1.82) is 0 Å². The van der Waals surface area contributed by atoms with Crippen molar-refractivity contribution in [2.45, 2.75) is 135 Å². The van der Waals surface area contributed by atoms with Crippen LogP contribution < -0.4 is 43.0 Å². The summed E-state index contributed by atoms with van der Waals surface area (Å²) in [4.78, 5) is 132. The highest BCUT2D eigenvalue weighted by molar-refractivity contribution is 5.98. The number of amides is 8. The number of benzene rings is 1. The third kappa shape index (κ3) is 16.9. The molecule has 13 N–H and O–H groups in total. The maximum atomic E-state index is 14.0. The predicted octanol–water partition coefficient (Wildman–Crippen LogP) is -2.40. The molecule has 8 amide bonds. The molecule has 0 bridgehead atoms. The number of aliphatic carboxylic acids is 2. The Morgan fingerprint density at radius 3 is 1.76 bits per heavy atom. The van der Waals surface area contributed by atoms with Crippen molar-refractivity contribution in [3.05, 3.63) is 29.8 Å². The van der Waals surface area contributed by atoms with Crippen LogP contribution in [0.25, 0.3) is 0 Å². The minimum atomic E-state index is -1.79. The van der Waals surface area contributed by atoms with Crippen molar-refractivity contribution in [1.82, 2.24) is 42.1 Å². The number of nitrogens with one attached hydrogen (secondary N) is 7. The van der Waals surface area contributed by atoms with E-state index in [1.165, 1.54) is 36.1 Å². The number of carbonyl (C=O) groups is 10. The predicted molar refractivity (Wildman–Crippen MR) is 236 cm³/mol. The van der Waals surface area contributed by atoms with Gasteiger partial charge in [-0.1, -0.05) is 66.5 Å². The lowest BCUT2D eigenvalue weighted by molar-refractivity contribution is -0.144. The zero-order valence-electron chi connectivity index (χ0n) is 38.4. The molecule has 1 fully saturated rings. The van der Waals surface area contributed by atoms with E-state index in [0.29, 0.717) is 24.8 Å². The molecule has 1 aromatic rings.